The average molecular weight is 423 g/mol. The molecule has 3 aromatic rings. The van der Waals surface area contributed by atoms with Crippen LogP contribution in [0.5, 0.6) is 5.75 Å². The first-order valence-corrected chi connectivity index (χ1v) is 10.1. The molecular formula is C22H21N3O4S. The van der Waals surface area contributed by atoms with Crippen LogP contribution in [0.2, 0.25) is 0 Å². The predicted molar refractivity (Wildman–Crippen MR) is 116 cm³/mol. The van der Waals surface area contributed by atoms with Crippen molar-refractivity contribution in [2.75, 3.05) is 25.3 Å². The highest BCUT2D eigenvalue weighted by molar-refractivity contribution is 7.99. The van der Waals surface area contributed by atoms with Gasteiger partial charge in [-0.05, 0) is 49.4 Å². The second kappa shape index (κ2) is 9.89. The van der Waals surface area contributed by atoms with E-state index >= 15 is 0 Å². The molecule has 0 bridgehead atoms. The van der Waals surface area contributed by atoms with Crippen LogP contribution < -0.4 is 10.1 Å². The van der Waals surface area contributed by atoms with E-state index in [1.807, 2.05) is 37.3 Å². The van der Waals surface area contributed by atoms with Gasteiger partial charge < -0.3 is 14.8 Å². The molecule has 30 heavy (non-hydrogen) atoms. The summed E-state index contributed by atoms with van der Waals surface area (Å²) in [5.41, 5.74) is 3.20. The third-order valence-electron chi connectivity index (χ3n) is 4.16. The number of aryl methyl sites for hydroxylation is 1. The molecular weight excluding hydrogens is 402 g/mol. The Kier molecular flexibility index (Phi) is 7.03. The zero-order valence-corrected chi connectivity index (χ0v) is 17.7. The molecule has 0 aliphatic carbocycles. The fourth-order valence-corrected chi connectivity index (χ4v) is 3.42. The molecule has 1 aromatic heterocycles. The van der Waals surface area contributed by atoms with Gasteiger partial charge in [0.05, 0.1) is 36.9 Å². The number of anilines is 1. The monoisotopic (exact) mass is 423 g/mol. The van der Waals surface area contributed by atoms with Gasteiger partial charge in [0.2, 0.25) is 5.91 Å². The minimum atomic E-state index is -0.510. The van der Waals surface area contributed by atoms with Crippen molar-refractivity contribution in [3.63, 3.8) is 0 Å². The van der Waals surface area contributed by atoms with E-state index in [4.69, 9.17) is 9.47 Å². The van der Waals surface area contributed by atoms with Crippen molar-refractivity contribution in [3.05, 3.63) is 65.9 Å². The number of hydrogen-bond donors (Lipinski definition) is 1. The van der Waals surface area contributed by atoms with Gasteiger partial charge in [0.25, 0.3) is 0 Å². The van der Waals surface area contributed by atoms with Crippen LogP contribution in [0.15, 0.2) is 59.8 Å². The maximum atomic E-state index is 12.4. The quantitative estimate of drug-likeness (QED) is 0.349. The van der Waals surface area contributed by atoms with E-state index in [1.54, 1.807) is 31.4 Å². The summed E-state index contributed by atoms with van der Waals surface area (Å²) in [6.45, 7) is 1.88. The van der Waals surface area contributed by atoms with Crippen LogP contribution in [0.1, 0.15) is 16.1 Å². The molecule has 0 saturated heterocycles. The number of nitrogens with zero attached hydrogens (tertiary/aromatic N) is 2. The molecule has 0 radical (unpaired) electrons. The van der Waals surface area contributed by atoms with E-state index in [0.717, 1.165) is 22.7 Å². The number of para-hydroxylation sites is 1. The van der Waals surface area contributed by atoms with Crippen LogP contribution in [0, 0.1) is 6.92 Å². The lowest BCUT2D eigenvalue weighted by Crippen LogP contribution is -2.17. The number of methoxy groups -OCH3 is 2. The molecule has 2 aromatic carbocycles. The first-order chi connectivity index (χ1) is 14.5. The molecule has 0 atom stereocenters. The molecule has 0 fully saturated rings. The van der Waals surface area contributed by atoms with Crippen LogP contribution in [-0.4, -0.2) is 41.8 Å². The van der Waals surface area contributed by atoms with Gasteiger partial charge in [-0.3, -0.25) is 4.79 Å². The van der Waals surface area contributed by atoms with E-state index in [2.05, 4.69) is 15.3 Å². The van der Waals surface area contributed by atoms with Crippen molar-refractivity contribution in [1.29, 1.82) is 0 Å². The largest absolute Gasteiger partial charge is 0.497 e. The molecule has 8 heteroatoms. The number of carbonyl (C=O) groups excluding carboxylic acids is 2. The number of rotatable bonds is 7. The summed E-state index contributed by atoms with van der Waals surface area (Å²) in [5.74, 6) is 0.0845. The molecule has 1 N–H and O–H groups in total. The van der Waals surface area contributed by atoms with E-state index < -0.39 is 5.97 Å². The topological polar surface area (TPSA) is 90.4 Å². The predicted octanol–water partition coefficient (Wildman–Crippen LogP) is 3.98. The van der Waals surface area contributed by atoms with E-state index in [0.29, 0.717) is 16.4 Å². The Labute approximate surface area is 178 Å². The molecule has 0 saturated carbocycles. The normalized spacial score (nSPS) is 10.4. The molecule has 154 valence electrons. The number of amides is 1. The lowest BCUT2D eigenvalue weighted by molar-refractivity contribution is -0.113. The summed E-state index contributed by atoms with van der Waals surface area (Å²) < 4.78 is 9.93. The van der Waals surface area contributed by atoms with Gasteiger partial charge in [-0.1, -0.05) is 23.9 Å². The second-order valence-corrected chi connectivity index (χ2v) is 7.22. The van der Waals surface area contributed by atoms with Crippen LogP contribution in [0.3, 0.4) is 0 Å². The minimum absolute atomic E-state index is 0.0982. The number of carbonyl (C=O) groups is 2. The lowest BCUT2D eigenvalue weighted by Gasteiger charge is -2.10. The highest BCUT2D eigenvalue weighted by Gasteiger charge is 2.14. The molecule has 1 amide bonds. The molecule has 0 unspecified atom stereocenters. The van der Waals surface area contributed by atoms with Gasteiger partial charge in [0.15, 0.2) is 5.16 Å². The number of thioether (sulfide) groups is 1. The summed E-state index contributed by atoms with van der Waals surface area (Å²) in [6.07, 6.45) is 0. The summed E-state index contributed by atoms with van der Waals surface area (Å²) in [7, 11) is 2.92. The standard InChI is InChI=1S/C22H21N3O4S/c1-14-12-19(15-8-10-16(28-2)11-9-15)25-22(23-14)30-13-20(26)24-18-7-5-4-6-17(18)21(27)29-3/h4-12H,13H2,1-3H3,(H,24,26). The van der Waals surface area contributed by atoms with Crippen LogP contribution in [0.4, 0.5) is 5.69 Å². The van der Waals surface area contributed by atoms with Crippen molar-refractivity contribution in [3.8, 4) is 17.0 Å². The molecule has 0 aliphatic rings. The Morgan fingerprint density at radius 2 is 1.77 bits per heavy atom. The SMILES string of the molecule is COC(=O)c1ccccc1NC(=O)CSc1nc(C)cc(-c2ccc(OC)cc2)n1. The van der Waals surface area contributed by atoms with Gasteiger partial charge in [0.1, 0.15) is 5.75 Å². The first-order valence-electron chi connectivity index (χ1n) is 9.10. The third kappa shape index (κ3) is 5.36. The first kappa shape index (κ1) is 21.3. The maximum absolute atomic E-state index is 12.4. The summed E-state index contributed by atoms with van der Waals surface area (Å²) >= 11 is 1.22. The average Bonchev–Trinajstić information content (AvgIpc) is 2.77. The van der Waals surface area contributed by atoms with E-state index in [9.17, 15) is 9.59 Å². The Morgan fingerprint density at radius 1 is 1.03 bits per heavy atom. The van der Waals surface area contributed by atoms with Crippen molar-refractivity contribution in [1.82, 2.24) is 9.97 Å². The molecule has 7 nitrogen and oxygen atoms in total. The van der Waals surface area contributed by atoms with Crippen molar-refractivity contribution < 1.29 is 19.1 Å². The van der Waals surface area contributed by atoms with E-state index in [-0.39, 0.29) is 11.7 Å². The Bertz CT molecular complexity index is 1050. The molecule has 0 aliphatic heterocycles. The van der Waals surface area contributed by atoms with Crippen molar-refractivity contribution in [2.45, 2.75) is 12.1 Å². The highest BCUT2D eigenvalue weighted by Crippen LogP contribution is 2.24. The molecule has 0 spiro atoms. The maximum Gasteiger partial charge on any atom is 0.339 e. The smallest absolute Gasteiger partial charge is 0.339 e. The second-order valence-electron chi connectivity index (χ2n) is 6.28. The molecule has 3 rings (SSSR count). The lowest BCUT2D eigenvalue weighted by atomic mass is 10.1. The fraction of sp³-hybridized carbons (Fsp3) is 0.182. The zero-order valence-electron chi connectivity index (χ0n) is 16.8. The fourth-order valence-electron chi connectivity index (χ4n) is 2.71. The van der Waals surface area contributed by atoms with Crippen LogP contribution in [-0.2, 0) is 9.53 Å². The Balaban J connectivity index is 1.69. The number of benzene rings is 2. The van der Waals surface area contributed by atoms with Gasteiger partial charge >= 0.3 is 5.97 Å². The number of aromatic nitrogens is 2. The van der Waals surface area contributed by atoms with Crippen LogP contribution in [0.25, 0.3) is 11.3 Å². The summed E-state index contributed by atoms with van der Waals surface area (Å²) in [4.78, 5) is 33.2. The van der Waals surface area contributed by atoms with Crippen molar-refractivity contribution >= 4 is 29.3 Å². The van der Waals surface area contributed by atoms with Gasteiger partial charge in [-0.15, -0.1) is 0 Å². The molecule has 1 heterocycles. The summed E-state index contributed by atoms with van der Waals surface area (Å²) in [5, 5.41) is 3.24. The Morgan fingerprint density at radius 3 is 2.47 bits per heavy atom. The highest BCUT2D eigenvalue weighted by atomic mass is 32.2. The number of nitrogens with one attached hydrogen (secondary N) is 1. The number of ether oxygens (including phenoxy) is 2. The number of hydrogen-bond acceptors (Lipinski definition) is 7. The van der Waals surface area contributed by atoms with Gasteiger partial charge in [-0.25, -0.2) is 14.8 Å². The number of esters is 1. The van der Waals surface area contributed by atoms with Crippen molar-refractivity contribution in [2.24, 2.45) is 0 Å². The van der Waals surface area contributed by atoms with E-state index in [1.165, 1.54) is 18.9 Å². The van der Waals surface area contributed by atoms with Gasteiger partial charge in [0, 0.05) is 11.3 Å². The van der Waals surface area contributed by atoms with Gasteiger partial charge in [-0.2, -0.15) is 0 Å². The third-order valence-corrected chi connectivity index (χ3v) is 5.01. The minimum Gasteiger partial charge on any atom is -0.497 e. The summed E-state index contributed by atoms with van der Waals surface area (Å²) in [6, 6.07) is 16.2. The zero-order chi connectivity index (χ0) is 21.5. The van der Waals surface area contributed by atoms with Crippen LogP contribution >= 0.6 is 11.8 Å². The Hall–Kier alpha value is -3.39.